The average Bonchev–Trinajstić information content (AvgIpc) is 2.83. The highest BCUT2D eigenvalue weighted by atomic mass is 19.4. The van der Waals surface area contributed by atoms with Crippen molar-refractivity contribution in [1.29, 1.82) is 0 Å². The summed E-state index contributed by atoms with van der Waals surface area (Å²) >= 11 is 0. The van der Waals surface area contributed by atoms with Crippen molar-refractivity contribution in [2.24, 2.45) is 0 Å². The number of alkyl halides is 3. The number of nitrogens with one attached hydrogen (secondary N) is 2. The van der Waals surface area contributed by atoms with Crippen molar-refractivity contribution in [2.75, 3.05) is 6.54 Å². The maximum Gasteiger partial charge on any atom is 0.573 e. The van der Waals surface area contributed by atoms with E-state index in [9.17, 15) is 31.9 Å². The van der Waals surface area contributed by atoms with Gasteiger partial charge in [-0.1, -0.05) is 49.4 Å². The van der Waals surface area contributed by atoms with Gasteiger partial charge in [-0.2, -0.15) is 0 Å². The highest BCUT2D eigenvalue weighted by Crippen LogP contribution is 2.26. The van der Waals surface area contributed by atoms with Crippen LogP contribution in [-0.4, -0.2) is 36.1 Å². The van der Waals surface area contributed by atoms with Gasteiger partial charge in [0.1, 0.15) is 17.4 Å². The molecule has 0 fully saturated rings. The minimum absolute atomic E-state index is 0.0127. The Morgan fingerprint density at radius 3 is 2.32 bits per heavy atom. The third kappa shape index (κ3) is 9.42. The number of ether oxygens (including phenoxy) is 1. The molecule has 0 aliphatic heterocycles. The van der Waals surface area contributed by atoms with Crippen LogP contribution in [0, 0.1) is 11.6 Å². The Labute approximate surface area is 217 Å². The summed E-state index contributed by atoms with van der Waals surface area (Å²) in [5.74, 6) is -2.84. The van der Waals surface area contributed by atoms with Crippen LogP contribution in [0.1, 0.15) is 29.2 Å². The van der Waals surface area contributed by atoms with Gasteiger partial charge < -0.3 is 20.5 Å². The van der Waals surface area contributed by atoms with Crippen molar-refractivity contribution in [3.63, 3.8) is 0 Å². The molecule has 0 heterocycles. The summed E-state index contributed by atoms with van der Waals surface area (Å²) in [4.78, 5) is 12.8. The van der Waals surface area contributed by atoms with Crippen LogP contribution in [-0.2, 0) is 30.6 Å². The number of aryl methyl sites for hydroxylation is 1. The molecule has 0 aliphatic carbocycles. The summed E-state index contributed by atoms with van der Waals surface area (Å²) in [6, 6.07) is 15.0. The molecule has 1 amide bonds. The van der Waals surface area contributed by atoms with Gasteiger partial charge in [0.2, 0.25) is 5.91 Å². The number of carbonyl (C=O) groups is 1. The molecule has 0 unspecified atom stereocenters. The Balaban J connectivity index is 1.71. The summed E-state index contributed by atoms with van der Waals surface area (Å²) in [6.45, 7) is 2.50. The number of carbonyl (C=O) groups excluding carboxylic acids is 1. The molecule has 0 spiro atoms. The van der Waals surface area contributed by atoms with Crippen molar-refractivity contribution in [3.8, 4) is 5.75 Å². The van der Waals surface area contributed by atoms with E-state index >= 15 is 0 Å². The number of hydrogen-bond donors (Lipinski definition) is 3. The minimum Gasteiger partial charge on any atom is -0.405 e. The molecule has 0 aromatic heterocycles. The molecular formula is C28H29F5N2O3. The van der Waals surface area contributed by atoms with Gasteiger partial charge in [-0.15, -0.1) is 13.2 Å². The van der Waals surface area contributed by atoms with Crippen molar-refractivity contribution in [3.05, 3.63) is 101 Å². The second-order valence-corrected chi connectivity index (χ2v) is 8.86. The predicted octanol–water partition coefficient (Wildman–Crippen LogP) is 4.85. The van der Waals surface area contributed by atoms with Crippen LogP contribution in [0.5, 0.6) is 5.75 Å². The zero-order chi connectivity index (χ0) is 27.7. The van der Waals surface area contributed by atoms with Gasteiger partial charge in [0.25, 0.3) is 0 Å². The number of halogens is 5. The Hall–Kier alpha value is -3.50. The van der Waals surface area contributed by atoms with E-state index in [2.05, 4.69) is 15.4 Å². The van der Waals surface area contributed by atoms with Crippen LogP contribution < -0.4 is 15.4 Å². The summed E-state index contributed by atoms with van der Waals surface area (Å²) in [5, 5.41) is 16.6. The fraction of sp³-hybridized carbons (Fsp3) is 0.321. The number of hydrogen-bond acceptors (Lipinski definition) is 4. The molecule has 2 atom stereocenters. The quantitative estimate of drug-likeness (QED) is 0.290. The molecular weight excluding hydrogens is 507 g/mol. The van der Waals surface area contributed by atoms with Crippen LogP contribution >= 0.6 is 0 Å². The average molecular weight is 537 g/mol. The number of aliphatic hydroxyl groups excluding tert-OH is 1. The number of para-hydroxylation sites is 1. The summed E-state index contributed by atoms with van der Waals surface area (Å²) in [6.07, 6.45) is -5.83. The maximum absolute atomic E-state index is 13.8. The van der Waals surface area contributed by atoms with Gasteiger partial charge >= 0.3 is 6.36 Å². The third-order valence-corrected chi connectivity index (χ3v) is 5.82. The zero-order valence-electron chi connectivity index (χ0n) is 20.7. The number of rotatable bonds is 12. The lowest BCUT2D eigenvalue weighted by atomic mass is 10.00. The molecule has 0 saturated carbocycles. The zero-order valence-corrected chi connectivity index (χ0v) is 20.7. The molecule has 3 aromatic rings. The monoisotopic (exact) mass is 536 g/mol. The van der Waals surface area contributed by atoms with Crippen molar-refractivity contribution in [2.45, 2.75) is 51.2 Å². The molecule has 3 rings (SSSR count). The first-order chi connectivity index (χ1) is 18.0. The molecule has 3 aromatic carbocycles. The van der Waals surface area contributed by atoms with Crippen molar-refractivity contribution < 1.29 is 36.6 Å². The molecule has 0 radical (unpaired) electrons. The van der Waals surface area contributed by atoms with Gasteiger partial charge in [-0.05, 0) is 47.7 Å². The second kappa shape index (κ2) is 13.3. The third-order valence-electron chi connectivity index (χ3n) is 5.82. The van der Waals surface area contributed by atoms with E-state index in [0.717, 1.165) is 35.7 Å². The normalized spacial score (nSPS) is 13.1. The van der Waals surface area contributed by atoms with Crippen LogP contribution in [0.3, 0.4) is 0 Å². The summed E-state index contributed by atoms with van der Waals surface area (Å²) < 4.78 is 69.7. The standard InChI is InChI=1S/C28H29F5N2O3/c1-2-18-6-5-7-19(10-18)16-34-17-25(36)24(13-20-11-22(29)15-23(30)12-20)35-27(37)14-21-8-3-4-9-26(21)38-28(31,32)33/h3-12,15,24-25,34,36H,2,13-14,16-17H2,1H3,(H,35,37)/t24-,25+/m0/s1. The van der Waals surface area contributed by atoms with Crippen molar-refractivity contribution in [1.82, 2.24) is 10.6 Å². The fourth-order valence-electron chi connectivity index (χ4n) is 4.04. The second-order valence-electron chi connectivity index (χ2n) is 8.86. The fourth-order valence-corrected chi connectivity index (χ4v) is 4.04. The lowest BCUT2D eigenvalue weighted by molar-refractivity contribution is -0.274. The number of amides is 1. The highest BCUT2D eigenvalue weighted by Gasteiger charge is 2.32. The molecule has 0 aliphatic rings. The van der Waals surface area contributed by atoms with E-state index in [1.165, 1.54) is 18.2 Å². The van der Waals surface area contributed by atoms with E-state index in [0.29, 0.717) is 12.6 Å². The van der Waals surface area contributed by atoms with Gasteiger partial charge in [0.15, 0.2) is 0 Å². The summed E-state index contributed by atoms with van der Waals surface area (Å²) in [7, 11) is 0. The Kier molecular flexibility index (Phi) is 10.2. The van der Waals surface area contributed by atoms with E-state index in [4.69, 9.17) is 0 Å². The molecule has 0 saturated heterocycles. The Bertz CT molecular complexity index is 1200. The summed E-state index contributed by atoms with van der Waals surface area (Å²) in [5.41, 5.74) is 2.33. The van der Waals surface area contributed by atoms with Crippen LogP contribution in [0.4, 0.5) is 22.0 Å². The van der Waals surface area contributed by atoms with Crippen LogP contribution in [0.15, 0.2) is 66.7 Å². The van der Waals surface area contributed by atoms with E-state index in [1.54, 1.807) is 0 Å². The first-order valence-corrected chi connectivity index (χ1v) is 12.1. The molecule has 5 nitrogen and oxygen atoms in total. The lowest BCUT2D eigenvalue weighted by Crippen LogP contribution is -2.49. The highest BCUT2D eigenvalue weighted by molar-refractivity contribution is 5.79. The molecule has 3 N–H and O–H groups in total. The Morgan fingerprint density at radius 1 is 0.947 bits per heavy atom. The van der Waals surface area contributed by atoms with Crippen molar-refractivity contribution >= 4 is 5.91 Å². The van der Waals surface area contributed by atoms with E-state index < -0.39 is 48.2 Å². The number of aliphatic hydroxyl groups is 1. The lowest BCUT2D eigenvalue weighted by Gasteiger charge is -2.25. The van der Waals surface area contributed by atoms with E-state index in [1.807, 2.05) is 31.2 Å². The smallest absolute Gasteiger partial charge is 0.405 e. The maximum atomic E-state index is 13.8. The number of benzene rings is 3. The predicted molar refractivity (Wildman–Crippen MR) is 132 cm³/mol. The first kappa shape index (κ1) is 29.1. The SMILES string of the molecule is CCc1cccc(CNC[C@@H](O)[C@H](Cc2cc(F)cc(F)c2)NC(=O)Cc2ccccc2OC(F)(F)F)c1. The molecule has 0 bridgehead atoms. The molecule has 10 heteroatoms. The van der Waals surface area contributed by atoms with Gasteiger partial charge in [0, 0.05) is 24.7 Å². The minimum atomic E-state index is -4.94. The van der Waals surface area contributed by atoms with Gasteiger partial charge in [-0.25, -0.2) is 8.78 Å². The Morgan fingerprint density at radius 2 is 1.63 bits per heavy atom. The van der Waals surface area contributed by atoms with Crippen LogP contribution in [0.25, 0.3) is 0 Å². The van der Waals surface area contributed by atoms with Gasteiger partial charge in [0.05, 0.1) is 18.6 Å². The molecule has 38 heavy (non-hydrogen) atoms. The van der Waals surface area contributed by atoms with E-state index in [-0.39, 0.29) is 24.1 Å². The molecule has 204 valence electrons. The topological polar surface area (TPSA) is 70.6 Å². The van der Waals surface area contributed by atoms with Gasteiger partial charge in [-0.3, -0.25) is 4.79 Å². The largest absolute Gasteiger partial charge is 0.573 e. The van der Waals surface area contributed by atoms with Crippen LogP contribution in [0.2, 0.25) is 0 Å². The first-order valence-electron chi connectivity index (χ1n) is 12.1.